The molecule has 6 rings (SSSR count). The van der Waals surface area contributed by atoms with Gasteiger partial charge in [-0.25, -0.2) is 23.1 Å². The number of nitrogens with two attached hydrogens (primary N) is 1. The Morgan fingerprint density at radius 2 is 2.11 bits per heavy atom. The van der Waals surface area contributed by atoms with Gasteiger partial charge in [0, 0.05) is 42.7 Å². The van der Waals surface area contributed by atoms with Crippen LogP contribution in [0.3, 0.4) is 0 Å². The number of aromatic carboxylic acids is 1. The van der Waals surface area contributed by atoms with Gasteiger partial charge in [-0.1, -0.05) is 6.07 Å². The van der Waals surface area contributed by atoms with Gasteiger partial charge in [-0.3, -0.25) is 4.90 Å². The Morgan fingerprint density at radius 3 is 2.86 bits per heavy atom. The summed E-state index contributed by atoms with van der Waals surface area (Å²) in [7, 11) is 0. The first kappa shape index (κ1) is 23.2. The number of hydrogen-bond acceptors (Lipinski definition) is 7. The average Bonchev–Trinajstić information content (AvgIpc) is 3.53. The molecule has 4 aromatic rings. The van der Waals surface area contributed by atoms with E-state index in [1.165, 1.54) is 11.3 Å². The first-order valence-corrected chi connectivity index (χ1v) is 12.5. The zero-order chi connectivity index (χ0) is 25.0. The summed E-state index contributed by atoms with van der Waals surface area (Å²) in [5.74, 6) is -2.16. The molecule has 3 aromatic heterocycles. The molecule has 3 N–H and O–H groups in total. The summed E-state index contributed by atoms with van der Waals surface area (Å²) in [4.78, 5) is 19.4. The number of hydrogen-bond donors (Lipinski definition) is 2. The van der Waals surface area contributed by atoms with E-state index in [1.807, 2.05) is 17.5 Å². The number of nitrogens with zero attached hydrogens (tertiary/aromatic N) is 4. The van der Waals surface area contributed by atoms with Crippen molar-refractivity contribution in [3.63, 3.8) is 0 Å². The molecule has 1 saturated heterocycles. The first-order chi connectivity index (χ1) is 17.4. The van der Waals surface area contributed by atoms with Gasteiger partial charge in [0.05, 0.1) is 22.9 Å². The minimum atomic E-state index is -1.10. The van der Waals surface area contributed by atoms with Crippen molar-refractivity contribution in [2.45, 2.75) is 37.6 Å². The Kier molecular flexibility index (Phi) is 5.79. The molecule has 0 aliphatic carbocycles. The average molecular weight is 512 g/mol. The lowest BCUT2D eigenvalue weighted by Crippen LogP contribution is -2.50. The van der Waals surface area contributed by atoms with Crippen LogP contribution in [0.15, 0.2) is 41.8 Å². The lowest BCUT2D eigenvalue weighted by molar-refractivity contribution is -0.0547. The van der Waals surface area contributed by atoms with Crippen LogP contribution in [0.5, 0.6) is 0 Å². The van der Waals surface area contributed by atoms with Crippen LogP contribution in [-0.4, -0.2) is 55.8 Å². The van der Waals surface area contributed by atoms with E-state index in [-0.39, 0.29) is 17.3 Å². The van der Waals surface area contributed by atoms with E-state index in [0.717, 1.165) is 40.9 Å². The number of rotatable bonds is 4. The second kappa shape index (κ2) is 9.00. The van der Waals surface area contributed by atoms with Crippen LogP contribution in [0.2, 0.25) is 0 Å². The fourth-order valence-electron chi connectivity index (χ4n) is 5.17. The molecule has 2 aliphatic heterocycles. The van der Waals surface area contributed by atoms with Crippen LogP contribution in [0.1, 0.15) is 39.8 Å². The van der Waals surface area contributed by atoms with Gasteiger partial charge in [0.25, 0.3) is 0 Å². The Bertz CT molecular complexity index is 1460. The lowest BCUT2D eigenvalue weighted by Gasteiger charge is -2.41. The Balaban J connectivity index is 1.28. The number of carboxylic acid groups (broad SMARTS) is 1. The molecule has 186 valence electrons. The van der Waals surface area contributed by atoms with Gasteiger partial charge >= 0.3 is 5.97 Å². The highest BCUT2D eigenvalue weighted by molar-refractivity contribution is 7.13. The van der Waals surface area contributed by atoms with Gasteiger partial charge in [-0.2, -0.15) is 5.10 Å². The minimum absolute atomic E-state index is 0.0320. The molecule has 1 aromatic carbocycles. The molecule has 8 nitrogen and oxygen atoms in total. The van der Waals surface area contributed by atoms with Crippen molar-refractivity contribution >= 4 is 23.0 Å². The highest BCUT2D eigenvalue weighted by Gasteiger charge is 2.36. The third-order valence-electron chi connectivity index (χ3n) is 6.94. The van der Waals surface area contributed by atoms with Crippen molar-refractivity contribution in [3.8, 4) is 10.6 Å². The predicted octanol–water partition coefficient (Wildman–Crippen LogP) is 3.65. The van der Waals surface area contributed by atoms with Crippen LogP contribution in [0.25, 0.3) is 16.2 Å². The molecule has 0 saturated carbocycles. The van der Waals surface area contributed by atoms with Crippen LogP contribution >= 0.6 is 11.3 Å². The van der Waals surface area contributed by atoms with E-state index >= 15 is 0 Å². The largest absolute Gasteiger partial charge is 0.477 e. The SMILES string of the molecule is N[C@H]1C[C@@H](N2CCc3nn4c(-c5cccs5)cc(C(=O)O)nc4c3C2)CO[C@@H]1c1cc(F)ccc1F. The number of benzene rings is 1. The Morgan fingerprint density at radius 1 is 1.25 bits per heavy atom. The highest BCUT2D eigenvalue weighted by atomic mass is 32.1. The van der Waals surface area contributed by atoms with Gasteiger partial charge in [-0.05, 0) is 42.1 Å². The third-order valence-corrected chi connectivity index (χ3v) is 7.83. The maximum absolute atomic E-state index is 14.3. The molecule has 36 heavy (non-hydrogen) atoms. The zero-order valence-corrected chi connectivity index (χ0v) is 19.9. The molecule has 0 bridgehead atoms. The second-order valence-electron chi connectivity index (χ2n) is 9.16. The summed E-state index contributed by atoms with van der Waals surface area (Å²) in [6.07, 6.45) is 0.490. The molecule has 0 unspecified atom stereocenters. The fourth-order valence-corrected chi connectivity index (χ4v) is 5.90. The molecule has 1 fully saturated rings. The van der Waals surface area contributed by atoms with Crippen LogP contribution in [0.4, 0.5) is 8.78 Å². The van der Waals surface area contributed by atoms with Crippen molar-refractivity contribution < 1.29 is 23.4 Å². The summed E-state index contributed by atoms with van der Waals surface area (Å²) in [5.41, 5.74) is 9.48. The van der Waals surface area contributed by atoms with E-state index in [4.69, 9.17) is 15.6 Å². The molecule has 2 aliphatic rings. The molecule has 3 atom stereocenters. The summed E-state index contributed by atoms with van der Waals surface area (Å²) in [6, 6.07) is 8.16. The van der Waals surface area contributed by atoms with Crippen molar-refractivity contribution in [3.05, 3.63) is 75.9 Å². The third kappa shape index (κ3) is 3.97. The Labute approximate surface area is 208 Å². The minimum Gasteiger partial charge on any atom is -0.477 e. The summed E-state index contributed by atoms with van der Waals surface area (Å²) in [6.45, 7) is 1.55. The van der Waals surface area contributed by atoms with Gasteiger partial charge in [0.1, 0.15) is 17.7 Å². The van der Waals surface area contributed by atoms with Crippen molar-refractivity contribution in [1.82, 2.24) is 19.5 Å². The molecular weight excluding hydrogens is 488 g/mol. The molecule has 0 radical (unpaired) electrons. The standard InChI is InChI=1S/C25H23F2N5O3S/c26-13-3-4-17(27)15(8-13)23-18(28)9-14(12-35-23)31-6-5-19-16(11-31)24-29-20(25(33)34)10-21(32(24)30-19)22-2-1-7-36-22/h1-4,7-8,10,14,18,23H,5-6,9,11-12,28H2,(H,33,34)/t14-,18+,23-/m1/s1. The number of fused-ring (bicyclic) bond motifs is 3. The van der Waals surface area contributed by atoms with E-state index < -0.39 is 29.7 Å². The normalized spacial score (nSPS) is 22.6. The fraction of sp³-hybridized carbons (Fsp3) is 0.320. The molecule has 0 amide bonds. The molecule has 5 heterocycles. The van der Waals surface area contributed by atoms with Crippen molar-refractivity contribution in [1.29, 1.82) is 0 Å². The van der Waals surface area contributed by atoms with Crippen LogP contribution < -0.4 is 5.73 Å². The highest BCUT2D eigenvalue weighted by Crippen LogP contribution is 2.34. The monoisotopic (exact) mass is 511 g/mol. The Hall–Kier alpha value is -3.25. The van der Waals surface area contributed by atoms with Crippen molar-refractivity contribution in [2.75, 3.05) is 13.2 Å². The lowest BCUT2D eigenvalue weighted by atomic mass is 9.92. The summed E-state index contributed by atoms with van der Waals surface area (Å²) < 4.78 is 35.7. The first-order valence-electron chi connectivity index (χ1n) is 11.6. The number of carbonyl (C=O) groups is 1. The quantitative estimate of drug-likeness (QED) is 0.431. The topological polar surface area (TPSA) is 106 Å². The second-order valence-corrected chi connectivity index (χ2v) is 10.1. The molecule has 0 spiro atoms. The van der Waals surface area contributed by atoms with E-state index in [9.17, 15) is 18.7 Å². The molecular formula is C25H23F2N5O3S. The molecule has 11 heteroatoms. The maximum atomic E-state index is 14.3. The number of halogens is 2. The van der Waals surface area contributed by atoms with Gasteiger partial charge in [0.2, 0.25) is 0 Å². The number of carboxylic acids is 1. The van der Waals surface area contributed by atoms with Gasteiger partial charge < -0.3 is 15.6 Å². The summed E-state index contributed by atoms with van der Waals surface area (Å²) in [5, 5.41) is 16.4. The van der Waals surface area contributed by atoms with E-state index in [2.05, 4.69) is 9.88 Å². The summed E-state index contributed by atoms with van der Waals surface area (Å²) >= 11 is 1.51. The maximum Gasteiger partial charge on any atom is 0.354 e. The smallest absolute Gasteiger partial charge is 0.354 e. The van der Waals surface area contributed by atoms with Gasteiger partial charge in [-0.15, -0.1) is 11.3 Å². The van der Waals surface area contributed by atoms with Gasteiger partial charge in [0.15, 0.2) is 11.3 Å². The number of ether oxygens (including phenoxy) is 1. The van der Waals surface area contributed by atoms with E-state index in [1.54, 1.807) is 10.6 Å². The van der Waals surface area contributed by atoms with E-state index in [0.29, 0.717) is 37.3 Å². The van der Waals surface area contributed by atoms with Crippen LogP contribution in [-0.2, 0) is 17.7 Å². The van der Waals surface area contributed by atoms with Crippen molar-refractivity contribution in [2.24, 2.45) is 5.73 Å². The zero-order valence-electron chi connectivity index (χ0n) is 19.1. The number of aromatic nitrogens is 3. The predicted molar refractivity (Wildman–Crippen MR) is 129 cm³/mol. The number of thiophene rings is 1. The van der Waals surface area contributed by atoms with Crippen LogP contribution in [0, 0.1) is 11.6 Å².